The first-order valence-electron chi connectivity index (χ1n) is 8.28. The molecule has 0 spiro atoms. The van der Waals surface area contributed by atoms with Crippen LogP contribution in [0.4, 0.5) is 26.3 Å². The minimum atomic E-state index is -5.97. The zero-order valence-corrected chi connectivity index (χ0v) is 16.2. The third-order valence-corrected chi connectivity index (χ3v) is 5.35. The highest BCUT2D eigenvalue weighted by atomic mass is 19.4. The number of alkyl halides is 6. The van der Waals surface area contributed by atoms with Crippen LogP contribution in [0.15, 0.2) is 12.3 Å². The minimum absolute atomic E-state index is 0.158. The van der Waals surface area contributed by atoms with E-state index in [-0.39, 0.29) is 16.6 Å². The molecule has 0 radical (unpaired) electrons. The van der Waals surface area contributed by atoms with Crippen molar-refractivity contribution in [1.29, 1.82) is 0 Å². The number of hydrogen-bond donors (Lipinski definition) is 1. The molecule has 0 amide bonds. The third kappa shape index (κ3) is 3.58. The van der Waals surface area contributed by atoms with Gasteiger partial charge in [-0.05, 0) is 37.5 Å². The summed E-state index contributed by atoms with van der Waals surface area (Å²) >= 11 is 0. The van der Waals surface area contributed by atoms with Crippen molar-refractivity contribution in [2.75, 3.05) is 0 Å². The number of ether oxygens (including phenoxy) is 1. The molecule has 0 aromatic carbocycles. The number of rotatable bonds is 5. The topological polar surface area (TPSA) is 29.5 Å². The lowest BCUT2D eigenvalue weighted by atomic mass is 9.77. The standard InChI is InChI=1S/C18H28F6O2/c1-11(15(9-12(2,3)4)10-13(15,5)6)26-14(7,8)16(25,17(19,20)21)18(22,23)24/h25H,1,9-10H2,2-8H3. The van der Waals surface area contributed by atoms with Gasteiger partial charge in [0.05, 0.1) is 5.76 Å². The summed E-state index contributed by atoms with van der Waals surface area (Å²) in [5.41, 5.74) is -9.40. The molecule has 0 aromatic heterocycles. The van der Waals surface area contributed by atoms with Gasteiger partial charge in [0.15, 0.2) is 0 Å². The molecule has 1 unspecified atom stereocenters. The van der Waals surface area contributed by atoms with Crippen molar-refractivity contribution >= 4 is 0 Å². The van der Waals surface area contributed by atoms with E-state index in [1.165, 1.54) is 0 Å². The van der Waals surface area contributed by atoms with Gasteiger partial charge < -0.3 is 9.84 Å². The van der Waals surface area contributed by atoms with Gasteiger partial charge in [0.25, 0.3) is 5.60 Å². The molecule has 26 heavy (non-hydrogen) atoms. The van der Waals surface area contributed by atoms with E-state index >= 15 is 0 Å². The Morgan fingerprint density at radius 2 is 1.31 bits per heavy atom. The molecule has 8 heteroatoms. The summed E-state index contributed by atoms with van der Waals surface area (Å²) in [6.45, 7) is 14.3. The normalized spacial score (nSPS) is 24.4. The Kier molecular flexibility index (Phi) is 5.15. The van der Waals surface area contributed by atoms with E-state index in [4.69, 9.17) is 4.74 Å². The van der Waals surface area contributed by atoms with E-state index in [9.17, 15) is 31.4 Å². The maximum absolute atomic E-state index is 13.2. The van der Waals surface area contributed by atoms with Crippen molar-refractivity contribution in [1.82, 2.24) is 0 Å². The Hall–Kier alpha value is -0.920. The highest BCUT2D eigenvalue weighted by Crippen LogP contribution is 2.72. The highest BCUT2D eigenvalue weighted by molar-refractivity contribution is 5.25. The monoisotopic (exact) mass is 390 g/mol. The van der Waals surface area contributed by atoms with E-state index in [0.717, 1.165) is 0 Å². The zero-order valence-electron chi connectivity index (χ0n) is 16.2. The molecule has 0 aliphatic heterocycles. The smallest absolute Gasteiger partial charge is 0.430 e. The highest BCUT2D eigenvalue weighted by Gasteiger charge is 2.79. The average molecular weight is 390 g/mol. The van der Waals surface area contributed by atoms with Gasteiger partial charge in [-0.1, -0.05) is 41.2 Å². The molecular formula is C18H28F6O2. The maximum atomic E-state index is 13.2. The Labute approximate surface area is 150 Å². The van der Waals surface area contributed by atoms with Crippen LogP contribution in [0.1, 0.15) is 61.3 Å². The lowest BCUT2D eigenvalue weighted by Gasteiger charge is -2.45. The Morgan fingerprint density at radius 1 is 0.962 bits per heavy atom. The van der Waals surface area contributed by atoms with Crippen molar-refractivity contribution in [3.05, 3.63) is 12.3 Å². The molecule has 0 heterocycles. The molecule has 154 valence electrons. The quantitative estimate of drug-likeness (QED) is 0.461. The molecule has 1 aliphatic carbocycles. The summed E-state index contributed by atoms with van der Waals surface area (Å²) in [6, 6.07) is 0. The van der Waals surface area contributed by atoms with Gasteiger partial charge in [0.1, 0.15) is 5.60 Å². The van der Waals surface area contributed by atoms with Crippen molar-refractivity contribution < 1.29 is 36.2 Å². The molecule has 0 aromatic rings. The molecule has 1 aliphatic rings. The molecule has 0 saturated heterocycles. The average Bonchev–Trinajstić information content (AvgIpc) is 2.84. The largest absolute Gasteiger partial charge is 0.488 e. The van der Waals surface area contributed by atoms with E-state index in [2.05, 4.69) is 6.58 Å². The third-order valence-electron chi connectivity index (χ3n) is 5.35. The summed E-state index contributed by atoms with van der Waals surface area (Å²) in [5, 5.41) is 9.69. The van der Waals surface area contributed by atoms with Gasteiger partial charge in [-0.25, -0.2) is 0 Å². The fourth-order valence-electron chi connectivity index (χ4n) is 3.81. The fraction of sp³-hybridized carbons (Fsp3) is 0.889. The summed E-state index contributed by atoms with van der Waals surface area (Å²) in [4.78, 5) is 0. The van der Waals surface area contributed by atoms with Crippen molar-refractivity contribution in [3.63, 3.8) is 0 Å². The van der Waals surface area contributed by atoms with Gasteiger partial charge in [-0.3, -0.25) is 0 Å². The number of aliphatic hydroxyl groups is 1. The van der Waals surface area contributed by atoms with Crippen LogP contribution < -0.4 is 0 Å². The summed E-state index contributed by atoms with van der Waals surface area (Å²) in [6.07, 6.45) is -10.9. The van der Waals surface area contributed by atoms with E-state index in [0.29, 0.717) is 26.7 Å². The predicted molar refractivity (Wildman–Crippen MR) is 86.3 cm³/mol. The number of allylic oxidation sites excluding steroid dienone is 1. The molecule has 1 atom stereocenters. The summed E-state index contributed by atoms with van der Waals surface area (Å²) < 4.78 is 84.4. The lowest BCUT2D eigenvalue weighted by molar-refractivity contribution is -0.409. The number of hydrogen-bond acceptors (Lipinski definition) is 2. The molecule has 1 fully saturated rings. The van der Waals surface area contributed by atoms with Crippen LogP contribution in [-0.4, -0.2) is 28.7 Å². The molecule has 1 rings (SSSR count). The van der Waals surface area contributed by atoms with Gasteiger partial charge >= 0.3 is 12.4 Å². The molecule has 2 nitrogen and oxygen atoms in total. The fourth-order valence-corrected chi connectivity index (χ4v) is 3.81. The van der Waals surface area contributed by atoms with E-state index < -0.39 is 29.0 Å². The second-order valence-electron chi connectivity index (χ2n) is 9.62. The second kappa shape index (κ2) is 5.79. The van der Waals surface area contributed by atoms with Gasteiger partial charge in [-0.2, -0.15) is 26.3 Å². The Balaban J connectivity index is 3.28. The lowest BCUT2D eigenvalue weighted by Crippen LogP contribution is -2.69. The second-order valence-corrected chi connectivity index (χ2v) is 9.62. The zero-order chi connectivity index (χ0) is 21.2. The van der Waals surface area contributed by atoms with Crippen molar-refractivity contribution in [3.8, 4) is 0 Å². The molecule has 1 saturated carbocycles. The first-order chi connectivity index (χ1) is 11.0. The summed E-state index contributed by atoms with van der Waals surface area (Å²) in [7, 11) is 0. The van der Waals surface area contributed by atoms with Gasteiger partial charge in [-0.15, -0.1) is 0 Å². The predicted octanol–water partition coefficient (Wildman–Crippen LogP) is 6.00. The van der Waals surface area contributed by atoms with Crippen molar-refractivity contribution in [2.45, 2.75) is 84.9 Å². The van der Waals surface area contributed by atoms with Crippen LogP contribution in [0.25, 0.3) is 0 Å². The van der Waals surface area contributed by atoms with Crippen LogP contribution in [0.5, 0.6) is 0 Å². The Bertz CT molecular complexity index is 552. The van der Waals surface area contributed by atoms with E-state index in [1.54, 1.807) is 0 Å². The Morgan fingerprint density at radius 3 is 1.54 bits per heavy atom. The minimum Gasteiger partial charge on any atom is -0.488 e. The molecular weight excluding hydrogens is 362 g/mol. The first kappa shape index (κ1) is 23.1. The van der Waals surface area contributed by atoms with Gasteiger partial charge in [0.2, 0.25) is 0 Å². The van der Waals surface area contributed by atoms with Crippen LogP contribution in [0, 0.1) is 16.2 Å². The SMILES string of the molecule is C=C(OC(C)(C)C(O)(C(F)(F)F)C(F)(F)F)C1(CC(C)(C)C)CC1(C)C. The number of halogens is 6. The molecule has 0 bridgehead atoms. The summed E-state index contributed by atoms with van der Waals surface area (Å²) in [5.74, 6) is -0.158. The van der Waals surface area contributed by atoms with Crippen LogP contribution in [0.2, 0.25) is 0 Å². The van der Waals surface area contributed by atoms with Crippen LogP contribution in [0.3, 0.4) is 0 Å². The molecule has 1 N–H and O–H groups in total. The van der Waals surface area contributed by atoms with Crippen LogP contribution in [-0.2, 0) is 4.74 Å². The maximum Gasteiger partial charge on any atom is 0.430 e. The van der Waals surface area contributed by atoms with Crippen molar-refractivity contribution in [2.24, 2.45) is 16.2 Å². The van der Waals surface area contributed by atoms with Gasteiger partial charge in [0, 0.05) is 5.41 Å². The first-order valence-corrected chi connectivity index (χ1v) is 8.28. The van der Waals surface area contributed by atoms with Crippen LogP contribution >= 0.6 is 0 Å². The van der Waals surface area contributed by atoms with E-state index in [1.807, 2.05) is 34.6 Å².